The van der Waals surface area contributed by atoms with Gasteiger partial charge in [0.2, 0.25) is 0 Å². The summed E-state index contributed by atoms with van der Waals surface area (Å²) in [5.74, 6) is 0.646. The van der Waals surface area contributed by atoms with E-state index >= 15 is 0 Å². The van der Waals surface area contributed by atoms with Crippen LogP contribution in [0.3, 0.4) is 0 Å². The molecule has 0 fully saturated rings. The summed E-state index contributed by atoms with van der Waals surface area (Å²) in [4.78, 5) is 4.00. The zero-order valence-corrected chi connectivity index (χ0v) is 11.4. The van der Waals surface area contributed by atoms with E-state index in [0.29, 0.717) is 12.2 Å². The average Bonchev–Trinajstić information content (AvgIpc) is 2.56. The summed E-state index contributed by atoms with van der Waals surface area (Å²) in [6, 6.07) is 0. The van der Waals surface area contributed by atoms with Gasteiger partial charge in [0.05, 0.1) is 6.10 Å². The minimum absolute atomic E-state index is 0.0468. The van der Waals surface area contributed by atoms with Crippen molar-refractivity contribution in [1.29, 1.82) is 0 Å². The summed E-state index contributed by atoms with van der Waals surface area (Å²) >= 11 is 0. The van der Waals surface area contributed by atoms with Crippen LogP contribution in [0.15, 0.2) is 11.2 Å². The predicted octanol–water partition coefficient (Wildman–Crippen LogP) is 0.120. The standard InChI is InChI=1S/C10H19N3O3S/c1-8(14)5-6-13(4)17(15,16)10-7-12(3)9(2)11-10/h7-8,14H,5-6H2,1-4H3. The van der Waals surface area contributed by atoms with Crippen molar-refractivity contribution in [3.63, 3.8) is 0 Å². The first-order chi connectivity index (χ1) is 7.75. The van der Waals surface area contributed by atoms with Gasteiger partial charge in [-0.05, 0) is 20.3 Å². The normalized spacial score (nSPS) is 14.2. The Morgan fingerprint density at radius 1 is 1.59 bits per heavy atom. The lowest BCUT2D eigenvalue weighted by Crippen LogP contribution is -2.29. The van der Waals surface area contributed by atoms with Gasteiger partial charge in [-0.3, -0.25) is 0 Å². The number of hydrogen-bond acceptors (Lipinski definition) is 4. The molecule has 0 saturated heterocycles. The molecular formula is C10H19N3O3S. The zero-order chi connectivity index (χ0) is 13.2. The zero-order valence-electron chi connectivity index (χ0n) is 10.6. The third kappa shape index (κ3) is 3.27. The van der Waals surface area contributed by atoms with Crippen LogP contribution in [0.4, 0.5) is 0 Å². The van der Waals surface area contributed by atoms with Crippen LogP contribution >= 0.6 is 0 Å². The number of hydrogen-bond donors (Lipinski definition) is 1. The van der Waals surface area contributed by atoms with Crippen LogP contribution in [0.5, 0.6) is 0 Å². The molecule has 1 aromatic heterocycles. The lowest BCUT2D eigenvalue weighted by atomic mass is 10.3. The fraction of sp³-hybridized carbons (Fsp3) is 0.700. The lowest BCUT2D eigenvalue weighted by Gasteiger charge is -2.16. The van der Waals surface area contributed by atoms with E-state index in [-0.39, 0.29) is 11.6 Å². The molecular weight excluding hydrogens is 242 g/mol. The molecule has 1 N–H and O–H groups in total. The smallest absolute Gasteiger partial charge is 0.261 e. The second kappa shape index (κ2) is 5.16. The molecule has 0 aliphatic carbocycles. The number of aliphatic hydroxyl groups excluding tert-OH is 1. The Balaban J connectivity index is 2.87. The van der Waals surface area contributed by atoms with E-state index < -0.39 is 16.1 Å². The van der Waals surface area contributed by atoms with Crippen molar-refractivity contribution < 1.29 is 13.5 Å². The van der Waals surface area contributed by atoms with Crippen molar-refractivity contribution in [3.05, 3.63) is 12.0 Å². The Kier molecular flexibility index (Phi) is 4.29. The Hall–Kier alpha value is -0.920. The molecule has 98 valence electrons. The first-order valence-electron chi connectivity index (χ1n) is 5.39. The van der Waals surface area contributed by atoms with E-state index in [1.807, 2.05) is 0 Å². The summed E-state index contributed by atoms with van der Waals surface area (Å²) in [6.07, 6.45) is 1.38. The maximum atomic E-state index is 12.1. The summed E-state index contributed by atoms with van der Waals surface area (Å²) in [5, 5.41) is 9.19. The second-order valence-electron chi connectivity index (χ2n) is 4.20. The van der Waals surface area contributed by atoms with Crippen molar-refractivity contribution in [3.8, 4) is 0 Å². The Bertz CT molecular complexity index is 459. The van der Waals surface area contributed by atoms with Crippen LogP contribution in [0.1, 0.15) is 19.2 Å². The minimum atomic E-state index is -3.55. The van der Waals surface area contributed by atoms with Gasteiger partial charge in [-0.25, -0.2) is 13.4 Å². The van der Waals surface area contributed by atoms with Gasteiger partial charge in [0, 0.05) is 26.8 Å². The minimum Gasteiger partial charge on any atom is -0.393 e. The molecule has 1 aromatic rings. The first-order valence-corrected chi connectivity index (χ1v) is 6.83. The number of aliphatic hydroxyl groups is 1. The van der Waals surface area contributed by atoms with Gasteiger partial charge in [-0.2, -0.15) is 4.31 Å². The molecule has 7 heteroatoms. The molecule has 0 amide bonds. The largest absolute Gasteiger partial charge is 0.393 e. The number of sulfonamides is 1. The molecule has 1 heterocycles. The maximum absolute atomic E-state index is 12.1. The van der Waals surface area contributed by atoms with E-state index in [9.17, 15) is 8.42 Å². The number of imidazole rings is 1. The second-order valence-corrected chi connectivity index (χ2v) is 6.19. The highest BCUT2D eigenvalue weighted by atomic mass is 32.2. The number of rotatable bonds is 5. The molecule has 0 radical (unpaired) electrons. The lowest BCUT2D eigenvalue weighted by molar-refractivity contribution is 0.177. The van der Waals surface area contributed by atoms with Gasteiger partial charge in [0.25, 0.3) is 10.0 Å². The quantitative estimate of drug-likeness (QED) is 0.817. The number of nitrogens with zero attached hydrogens (tertiary/aromatic N) is 3. The molecule has 1 rings (SSSR count). The highest BCUT2D eigenvalue weighted by Crippen LogP contribution is 2.13. The highest BCUT2D eigenvalue weighted by molar-refractivity contribution is 7.89. The monoisotopic (exact) mass is 261 g/mol. The summed E-state index contributed by atoms with van der Waals surface area (Å²) in [6.45, 7) is 3.65. The average molecular weight is 261 g/mol. The Morgan fingerprint density at radius 3 is 2.59 bits per heavy atom. The fourth-order valence-corrected chi connectivity index (χ4v) is 2.50. The summed E-state index contributed by atoms with van der Waals surface area (Å²) < 4.78 is 27.0. The molecule has 17 heavy (non-hydrogen) atoms. The van der Waals surface area contributed by atoms with E-state index in [2.05, 4.69) is 4.98 Å². The van der Waals surface area contributed by atoms with Gasteiger partial charge in [0.1, 0.15) is 5.82 Å². The summed E-state index contributed by atoms with van der Waals surface area (Å²) in [5.41, 5.74) is 0. The van der Waals surface area contributed by atoms with Crippen molar-refractivity contribution in [2.75, 3.05) is 13.6 Å². The van der Waals surface area contributed by atoms with E-state index in [4.69, 9.17) is 5.11 Å². The van der Waals surface area contributed by atoms with E-state index in [0.717, 1.165) is 0 Å². The van der Waals surface area contributed by atoms with Crippen LogP contribution in [0, 0.1) is 6.92 Å². The third-order valence-corrected chi connectivity index (χ3v) is 4.35. The van der Waals surface area contributed by atoms with Crippen LogP contribution in [-0.2, 0) is 17.1 Å². The fourth-order valence-electron chi connectivity index (χ4n) is 1.30. The molecule has 1 atom stereocenters. The van der Waals surface area contributed by atoms with Gasteiger partial charge in [-0.15, -0.1) is 0 Å². The topological polar surface area (TPSA) is 75.4 Å². The van der Waals surface area contributed by atoms with Gasteiger partial charge in [-0.1, -0.05) is 0 Å². The number of aryl methyl sites for hydroxylation is 2. The van der Waals surface area contributed by atoms with Crippen LogP contribution < -0.4 is 0 Å². The Morgan fingerprint density at radius 2 is 2.18 bits per heavy atom. The molecule has 0 spiro atoms. The molecule has 0 bridgehead atoms. The van der Waals surface area contributed by atoms with Crippen LogP contribution in [0.2, 0.25) is 0 Å². The molecule has 0 aliphatic heterocycles. The summed E-state index contributed by atoms with van der Waals surface area (Å²) in [7, 11) is -0.311. The van der Waals surface area contributed by atoms with Crippen molar-refractivity contribution in [1.82, 2.24) is 13.9 Å². The molecule has 6 nitrogen and oxygen atoms in total. The van der Waals surface area contributed by atoms with Gasteiger partial charge in [0.15, 0.2) is 5.03 Å². The Labute approximate surface area is 102 Å². The van der Waals surface area contributed by atoms with E-state index in [1.165, 1.54) is 17.5 Å². The van der Waals surface area contributed by atoms with Gasteiger partial charge < -0.3 is 9.67 Å². The van der Waals surface area contributed by atoms with Crippen molar-refractivity contribution >= 4 is 10.0 Å². The highest BCUT2D eigenvalue weighted by Gasteiger charge is 2.24. The van der Waals surface area contributed by atoms with Crippen molar-refractivity contribution in [2.24, 2.45) is 7.05 Å². The molecule has 1 unspecified atom stereocenters. The molecule has 0 aliphatic rings. The first kappa shape index (κ1) is 14.1. The molecule has 0 saturated carbocycles. The van der Waals surface area contributed by atoms with Gasteiger partial charge >= 0.3 is 0 Å². The number of aromatic nitrogens is 2. The maximum Gasteiger partial charge on any atom is 0.261 e. The SMILES string of the molecule is Cc1nc(S(=O)(=O)N(C)CCC(C)O)cn1C. The molecule has 0 aromatic carbocycles. The van der Waals surface area contributed by atoms with Crippen LogP contribution in [-0.4, -0.2) is 47.1 Å². The van der Waals surface area contributed by atoms with Crippen LogP contribution in [0.25, 0.3) is 0 Å². The third-order valence-electron chi connectivity index (χ3n) is 2.62. The van der Waals surface area contributed by atoms with E-state index in [1.54, 1.807) is 25.5 Å². The van der Waals surface area contributed by atoms with Crippen molar-refractivity contribution in [2.45, 2.75) is 31.4 Å². The predicted molar refractivity (Wildman–Crippen MR) is 64.1 cm³/mol.